The summed E-state index contributed by atoms with van der Waals surface area (Å²) in [4.78, 5) is 0. The highest BCUT2D eigenvalue weighted by Crippen LogP contribution is 2.29. The summed E-state index contributed by atoms with van der Waals surface area (Å²) < 4.78 is 5.96. The molecule has 0 fully saturated rings. The Hall–Kier alpha value is -0.0800. The van der Waals surface area contributed by atoms with Crippen LogP contribution < -0.4 is 5.32 Å². The maximum absolute atomic E-state index is 5.96. The summed E-state index contributed by atoms with van der Waals surface area (Å²) in [6.45, 7) is 14.2. The highest BCUT2D eigenvalue weighted by atomic mass is 16.5. The van der Waals surface area contributed by atoms with Crippen LogP contribution in [0.2, 0.25) is 0 Å². The third-order valence-electron chi connectivity index (χ3n) is 3.22. The van der Waals surface area contributed by atoms with E-state index in [1.807, 2.05) is 0 Å². The number of nitrogens with one attached hydrogen (secondary N) is 1. The summed E-state index contributed by atoms with van der Waals surface area (Å²) in [6.07, 6.45) is 2.78. The Labute approximate surface area is 102 Å². The third-order valence-corrected chi connectivity index (χ3v) is 3.22. The van der Waals surface area contributed by atoms with E-state index in [-0.39, 0.29) is 11.5 Å². The molecule has 2 heteroatoms. The Balaban J connectivity index is 4.70. The summed E-state index contributed by atoms with van der Waals surface area (Å²) in [5.41, 5.74) is 0.186. The summed E-state index contributed by atoms with van der Waals surface area (Å²) >= 11 is 0. The molecule has 0 aromatic carbocycles. The Morgan fingerprint density at radius 3 is 2.06 bits per heavy atom. The number of hydrogen-bond donors (Lipinski definition) is 1. The number of hydrogen-bond acceptors (Lipinski definition) is 2. The quantitative estimate of drug-likeness (QED) is 0.722. The van der Waals surface area contributed by atoms with Gasteiger partial charge in [-0.25, -0.2) is 0 Å². The van der Waals surface area contributed by atoms with Crippen molar-refractivity contribution in [3.63, 3.8) is 0 Å². The molecule has 3 unspecified atom stereocenters. The maximum atomic E-state index is 5.96. The molecule has 0 aliphatic carbocycles. The second kappa shape index (κ2) is 7.29. The van der Waals surface area contributed by atoms with Gasteiger partial charge in [0.1, 0.15) is 0 Å². The van der Waals surface area contributed by atoms with Crippen LogP contribution in [0.4, 0.5) is 0 Å². The molecule has 0 aromatic rings. The van der Waals surface area contributed by atoms with Crippen molar-refractivity contribution < 1.29 is 4.74 Å². The zero-order valence-electron chi connectivity index (χ0n) is 12.3. The van der Waals surface area contributed by atoms with Crippen LogP contribution in [0.1, 0.15) is 54.4 Å². The van der Waals surface area contributed by atoms with Crippen LogP contribution in [-0.2, 0) is 4.74 Å². The minimum atomic E-state index is 0.186. The van der Waals surface area contributed by atoms with E-state index in [2.05, 4.69) is 53.9 Å². The molecular weight excluding hydrogens is 198 g/mol. The topological polar surface area (TPSA) is 21.3 Å². The minimum Gasteiger partial charge on any atom is -0.376 e. The predicted octanol–water partition coefficient (Wildman–Crippen LogP) is 3.46. The first-order chi connectivity index (χ1) is 7.38. The van der Waals surface area contributed by atoms with Crippen molar-refractivity contribution in [2.45, 2.75) is 66.5 Å². The van der Waals surface area contributed by atoms with Crippen molar-refractivity contribution in [3.8, 4) is 0 Å². The predicted molar refractivity (Wildman–Crippen MR) is 71.8 cm³/mol. The van der Waals surface area contributed by atoms with Gasteiger partial charge in [0.25, 0.3) is 0 Å². The van der Waals surface area contributed by atoms with Gasteiger partial charge < -0.3 is 10.1 Å². The van der Waals surface area contributed by atoms with Crippen LogP contribution >= 0.6 is 0 Å². The highest BCUT2D eigenvalue weighted by Gasteiger charge is 2.34. The van der Waals surface area contributed by atoms with Gasteiger partial charge >= 0.3 is 0 Å². The van der Waals surface area contributed by atoms with Crippen LogP contribution in [0.15, 0.2) is 0 Å². The monoisotopic (exact) mass is 229 g/mol. The Bertz CT molecular complexity index is 174. The molecule has 0 amide bonds. The third kappa shape index (κ3) is 4.84. The standard InChI is InChI=1S/C14H31NO/c1-8-10-11(3)12(15-7)13(16-9-2)14(4,5)6/h11-13,15H,8-10H2,1-7H3. The molecule has 0 aliphatic heterocycles. The van der Waals surface area contributed by atoms with Crippen molar-refractivity contribution in [1.82, 2.24) is 5.32 Å². The Morgan fingerprint density at radius 1 is 1.19 bits per heavy atom. The molecule has 0 bridgehead atoms. The zero-order valence-corrected chi connectivity index (χ0v) is 12.3. The lowest BCUT2D eigenvalue weighted by atomic mass is 9.79. The van der Waals surface area contributed by atoms with Crippen molar-refractivity contribution in [1.29, 1.82) is 0 Å². The Kier molecular flexibility index (Phi) is 7.25. The van der Waals surface area contributed by atoms with Gasteiger partial charge in [-0.15, -0.1) is 0 Å². The van der Waals surface area contributed by atoms with E-state index in [0.717, 1.165) is 6.61 Å². The second-order valence-electron chi connectivity index (χ2n) is 5.82. The van der Waals surface area contributed by atoms with Gasteiger partial charge in [-0.3, -0.25) is 0 Å². The van der Waals surface area contributed by atoms with E-state index in [9.17, 15) is 0 Å². The van der Waals surface area contributed by atoms with Crippen LogP contribution in [0.5, 0.6) is 0 Å². The average Bonchev–Trinajstić information content (AvgIpc) is 2.16. The molecule has 0 rings (SSSR count). The van der Waals surface area contributed by atoms with Gasteiger partial charge in [0.2, 0.25) is 0 Å². The van der Waals surface area contributed by atoms with E-state index in [1.165, 1.54) is 12.8 Å². The van der Waals surface area contributed by atoms with Crippen molar-refractivity contribution >= 4 is 0 Å². The first-order valence-corrected chi connectivity index (χ1v) is 6.67. The van der Waals surface area contributed by atoms with Crippen LogP contribution in [0, 0.1) is 11.3 Å². The van der Waals surface area contributed by atoms with Gasteiger partial charge in [-0.2, -0.15) is 0 Å². The highest BCUT2D eigenvalue weighted by molar-refractivity contribution is 4.88. The molecule has 0 heterocycles. The number of rotatable bonds is 7. The van der Waals surface area contributed by atoms with E-state index in [1.54, 1.807) is 0 Å². The molecule has 0 spiro atoms. The van der Waals surface area contributed by atoms with Crippen molar-refractivity contribution in [3.05, 3.63) is 0 Å². The van der Waals surface area contributed by atoms with Gasteiger partial charge in [0.05, 0.1) is 6.10 Å². The van der Waals surface area contributed by atoms with Crippen molar-refractivity contribution in [2.75, 3.05) is 13.7 Å². The van der Waals surface area contributed by atoms with Gasteiger partial charge in [0, 0.05) is 12.6 Å². The van der Waals surface area contributed by atoms with Gasteiger partial charge in [0.15, 0.2) is 0 Å². The molecular formula is C14H31NO. The maximum Gasteiger partial charge on any atom is 0.0778 e. The molecule has 0 radical (unpaired) electrons. The fourth-order valence-electron chi connectivity index (χ4n) is 2.44. The molecule has 3 atom stereocenters. The van der Waals surface area contributed by atoms with Crippen LogP contribution in [0.25, 0.3) is 0 Å². The van der Waals surface area contributed by atoms with Crippen LogP contribution in [-0.4, -0.2) is 25.8 Å². The number of likely N-dealkylation sites (N-methyl/N-ethyl adjacent to an activating group) is 1. The lowest BCUT2D eigenvalue weighted by Crippen LogP contribution is -2.50. The molecule has 16 heavy (non-hydrogen) atoms. The minimum absolute atomic E-state index is 0.186. The van der Waals surface area contributed by atoms with Crippen LogP contribution in [0.3, 0.4) is 0 Å². The second-order valence-corrected chi connectivity index (χ2v) is 5.82. The van der Waals surface area contributed by atoms with Gasteiger partial charge in [-0.1, -0.05) is 41.0 Å². The lowest BCUT2D eigenvalue weighted by Gasteiger charge is -2.39. The first kappa shape index (κ1) is 15.9. The fraction of sp³-hybridized carbons (Fsp3) is 1.00. The largest absolute Gasteiger partial charge is 0.376 e. The average molecular weight is 229 g/mol. The molecule has 0 saturated heterocycles. The fourth-order valence-corrected chi connectivity index (χ4v) is 2.44. The summed E-state index contributed by atoms with van der Waals surface area (Å²) in [7, 11) is 2.05. The van der Waals surface area contributed by atoms with E-state index in [4.69, 9.17) is 4.74 Å². The summed E-state index contributed by atoms with van der Waals surface area (Å²) in [5, 5.41) is 3.45. The van der Waals surface area contributed by atoms with Gasteiger partial charge in [-0.05, 0) is 31.7 Å². The smallest absolute Gasteiger partial charge is 0.0778 e. The molecule has 0 saturated carbocycles. The molecule has 2 nitrogen and oxygen atoms in total. The summed E-state index contributed by atoms with van der Waals surface area (Å²) in [6, 6.07) is 0.444. The SMILES string of the molecule is CCCC(C)C(NC)C(OCC)C(C)(C)C. The molecule has 1 N–H and O–H groups in total. The van der Waals surface area contributed by atoms with E-state index in [0.29, 0.717) is 12.0 Å². The normalized spacial score (nSPS) is 18.2. The zero-order chi connectivity index (χ0) is 12.8. The first-order valence-electron chi connectivity index (χ1n) is 6.67. The molecule has 98 valence electrons. The molecule has 0 aromatic heterocycles. The summed E-state index contributed by atoms with van der Waals surface area (Å²) in [5.74, 6) is 0.658. The number of ether oxygens (including phenoxy) is 1. The molecule has 0 aliphatic rings. The van der Waals surface area contributed by atoms with Crippen molar-refractivity contribution in [2.24, 2.45) is 11.3 Å². The Morgan fingerprint density at radius 2 is 1.75 bits per heavy atom. The van der Waals surface area contributed by atoms with E-state index < -0.39 is 0 Å². The van der Waals surface area contributed by atoms with E-state index >= 15 is 0 Å². The lowest BCUT2D eigenvalue weighted by molar-refractivity contribution is -0.0463.